The summed E-state index contributed by atoms with van der Waals surface area (Å²) in [6.07, 6.45) is 1.16. The van der Waals surface area contributed by atoms with Crippen LogP contribution in [0.2, 0.25) is 0 Å². The fourth-order valence-electron chi connectivity index (χ4n) is 1.42. The highest BCUT2D eigenvalue weighted by molar-refractivity contribution is 7.65. The number of methoxy groups -OCH3 is 1. The molecule has 0 aliphatic rings. The number of esters is 1. The Kier molecular flexibility index (Phi) is 6.45. The van der Waals surface area contributed by atoms with Crippen LogP contribution >= 0.6 is 18.9 Å². The van der Waals surface area contributed by atoms with Crippen molar-refractivity contribution >= 4 is 30.2 Å². The standard InChI is InChI=1S/C12H17O5PS/c1-4-16-18(14,17-5-2)11(8-12(13)15-3)10-6-7-19-9-10/h6-9H,4-5H2,1-3H3/b11-8+. The Balaban J connectivity index is 3.25. The molecule has 0 amide bonds. The second-order valence-electron chi connectivity index (χ2n) is 3.40. The average molecular weight is 304 g/mol. The maximum absolute atomic E-state index is 12.7. The lowest BCUT2D eigenvalue weighted by atomic mass is 10.3. The van der Waals surface area contributed by atoms with Gasteiger partial charge in [-0.3, -0.25) is 4.57 Å². The molecule has 106 valence electrons. The summed E-state index contributed by atoms with van der Waals surface area (Å²) in [5.74, 6) is -0.596. The molecule has 0 unspecified atom stereocenters. The summed E-state index contributed by atoms with van der Waals surface area (Å²) in [5.41, 5.74) is 0.639. The van der Waals surface area contributed by atoms with Gasteiger partial charge in [0.2, 0.25) is 0 Å². The summed E-state index contributed by atoms with van der Waals surface area (Å²) in [6, 6.07) is 1.75. The molecule has 0 N–H and O–H groups in total. The predicted molar refractivity (Wildman–Crippen MR) is 75.2 cm³/mol. The van der Waals surface area contributed by atoms with E-state index in [2.05, 4.69) is 4.74 Å². The van der Waals surface area contributed by atoms with Crippen molar-refractivity contribution in [3.05, 3.63) is 28.5 Å². The number of ether oxygens (including phenoxy) is 1. The number of thiophene rings is 1. The lowest BCUT2D eigenvalue weighted by molar-refractivity contribution is -0.134. The first-order valence-corrected chi connectivity index (χ1v) is 8.27. The molecule has 0 radical (unpaired) electrons. The van der Waals surface area contributed by atoms with Gasteiger partial charge < -0.3 is 13.8 Å². The van der Waals surface area contributed by atoms with Crippen LogP contribution in [0, 0.1) is 0 Å². The van der Waals surface area contributed by atoms with Crippen LogP contribution in [0.15, 0.2) is 22.9 Å². The predicted octanol–water partition coefficient (Wildman–Crippen LogP) is 3.53. The second kappa shape index (κ2) is 7.60. The van der Waals surface area contributed by atoms with Crippen LogP contribution in [0.4, 0.5) is 0 Å². The third-order valence-corrected chi connectivity index (χ3v) is 5.02. The molecule has 0 fully saturated rings. The van der Waals surface area contributed by atoms with Crippen molar-refractivity contribution in [3.63, 3.8) is 0 Å². The molecule has 1 heterocycles. The van der Waals surface area contributed by atoms with E-state index in [9.17, 15) is 9.36 Å². The molecule has 0 aromatic carbocycles. The molecule has 0 saturated heterocycles. The van der Waals surface area contributed by atoms with E-state index in [1.54, 1.807) is 25.3 Å². The van der Waals surface area contributed by atoms with Crippen LogP contribution in [0.25, 0.3) is 5.31 Å². The number of hydrogen-bond donors (Lipinski definition) is 0. The minimum atomic E-state index is -3.52. The zero-order chi connectivity index (χ0) is 14.3. The molecule has 19 heavy (non-hydrogen) atoms. The summed E-state index contributed by atoms with van der Waals surface area (Å²) in [7, 11) is -2.26. The molecule has 0 saturated carbocycles. The fraction of sp³-hybridized carbons (Fsp3) is 0.417. The van der Waals surface area contributed by atoms with E-state index in [0.717, 1.165) is 6.08 Å². The SMILES string of the molecule is CCOP(=O)(OCC)/C(=C/C(=O)OC)c1ccsc1. The van der Waals surface area contributed by atoms with Gasteiger partial charge in [0.25, 0.3) is 0 Å². The van der Waals surface area contributed by atoms with E-state index in [4.69, 9.17) is 9.05 Å². The first-order valence-electron chi connectivity index (χ1n) is 5.79. The van der Waals surface area contributed by atoms with Crippen molar-refractivity contribution < 1.29 is 23.1 Å². The summed E-state index contributed by atoms with van der Waals surface area (Å²) in [4.78, 5) is 11.4. The van der Waals surface area contributed by atoms with Crippen LogP contribution in [-0.2, 0) is 23.1 Å². The Morgan fingerprint density at radius 2 is 2.00 bits per heavy atom. The number of carbonyl (C=O) groups is 1. The lowest BCUT2D eigenvalue weighted by Gasteiger charge is -2.19. The summed E-state index contributed by atoms with van der Waals surface area (Å²) in [6.45, 7) is 3.88. The van der Waals surface area contributed by atoms with Crippen molar-refractivity contribution in [2.45, 2.75) is 13.8 Å². The molecule has 1 aromatic heterocycles. The van der Waals surface area contributed by atoms with Gasteiger partial charge in [-0.15, -0.1) is 0 Å². The van der Waals surface area contributed by atoms with Crippen LogP contribution < -0.4 is 0 Å². The van der Waals surface area contributed by atoms with E-state index in [0.29, 0.717) is 5.56 Å². The first-order chi connectivity index (χ1) is 9.07. The smallest absolute Gasteiger partial charge is 0.362 e. The normalized spacial score (nSPS) is 12.5. The van der Waals surface area contributed by atoms with E-state index in [1.165, 1.54) is 18.4 Å². The van der Waals surface area contributed by atoms with Gasteiger partial charge in [-0.2, -0.15) is 11.3 Å². The molecule has 1 aromatic rings. The highest BCUT2D eigenvalue weighted by atomic mass is 32.1. The molecule has 0 aliphatic heterocycles. The summed E-state index contributed by atoms with van der Waals surface area (Å²) < 4.78 is 27.9. The van der Waals surface area contributed by atoms with Gasteiger partial charge in [-0.1, -0.05) is 0 Å². The Bertz CT molecular complexity index is 470. The van der Waals surface area contributed by atoms with Gasteiger partial charge in [0.05, 0.1) is 25.6 Å². The molecule has 0 aliphatic carbocycles. The van der Waals surface area contributed by atoms with Gasteiger partial charge in [-0.25, -0.2) is 4.79 Å². The number of rotatable bonds is 7. The van der Waals surface area contributed by atoms with Crippen molar-refractivity contribution in [1.29, 1.82) is 0 Å². The van der Waals surface area contributed by atoms with E-state index in [-0.39, 0.29) is 18.5 Å². The molecule has 0 bridgehead atoms. The van der Waals surface area contributed by atoms with Crippen molar-refractivity contribution in [3.8, 4) is 0 Å². The Hall–Kier alpha value is -0.940. The van der Waals surface area contributed by atoms with E-state index < -0.39 is 13.6 Å². The van der Waals surface area contributed by atoms with Crippen LogP contribution in [0.3, 0.4) is 0 Å². The molecule has 0 spiro atoms. The van der Waals surface area contributed by atoms with E-state index in [1.807, 2.05) is 5.38 Å². The van der Waals surface area contributed by atoms with Gasteiger partial charge in [0, 0.05) is 11.6 Å². The maximum atomic E-state index is 12.7. The highest BCUT2D eigenvalue weighted by Gasteiger charge is 2.32. The van der Waals surface area contributed by atoms with Crippen LogP contribution in [0.5, 0.6) is 0 Å². The van der Waals surface area contributed by atoms with Gasteiger partial charge in [0.15, 0.2) is 0 Å². The van der Waals surface area contributed by atoms with Crippen molar-refractivity contribution in [1.82, 2.24) is 0 Å². The van der Waals surface area contributed by atoms with E-state index >= 15 is 0 Å². The largest absolute Gasteiger partial charge is 0.466 e. The summed E-state index contributed by atoms with van der Waals surface area (Å²) in [5, 5.41) is 3.83. The van der Waals surface area contributed by atoms with Gasteiger partial charge in [-0.05, 0) is 30.7 Å². The van der Waals surface area contributed by atoms with Crippen molar-refractivity contribution in [2.75, 3.05) is 20.3 Å². The Morgan fingerprint density at radius 1 is 1.37 bits per heavy atom. The first kappa shape index (κ1) is 16.1. The monoisotopic (exact) mass is 304 g/mol. The topological polar surface area (TPSA) is 61.8 Å². The lowest BCUT2D eigenvalue weighted by Crippen LogP contribution is -2.02. The molecule has 0 atom stereocenters. The van der Waals surface area contributed by atoms with Crippen molar-refractivity contribution in [2.24, 2.45) is 0 Å². The van der Waals surface area contributed by atoms with Gasteiger partial charge >= 0.3 is 13.6 Å². The zero-order valence-electron chi connectivity index (χ0n) is 11.1. The third kappa shape index (κ3) is 4.28. The second-order valence-corrected chi connectivity index (χ2v) is 6.17. The van der Waals surface area contributed by atoms with Crippen LogP contribution in [0.1, 0.15) is 19.4 Å². The zero-order valence-corrected chi connectivity index (χ0v) is 12.8. The molecule has 5 nitrogen and oxygen atoms in total. The maximum Gasteiger partial charge on any atom is 0.362 e. The Labute approximate surface area is 116 Å². The minimum Gasteiger partial charge on any atom is -0.466 e. The summed E-state index contributed by atoms with van der Waals surface area (Å²) >= 11 is 1.43. The fourth-order valence-corrected chi connectivity index (χ4v) is 3.91. The number of carbonyl (C=O) groups excluding carboxylic acids is 1. The quantitative estimate of drug-likeness (QED) is 0.438. The molecule has 1 rings (SSSR count). The average Bonchev–Trinajstić information content (AvgIpc) is 2.89. The molecular weight excluding hydrogens is 287 g/mol. The van der Waals surface area contributed by atoms with Crippen LogP contribution in [-0.4, -0.2) is 26.3 Å². The number of hydrogen-bond acceptors (Lipinski definition) is 6. The molecule has 7 heteroatoms. The molecular formula is C12H17O5PS. The Morgan fingerprint density at radius 3 is 2.42 bits per heavy atom. The highest BCUT2D eigenvalue weighted by Crippen LogP contribution is 2.60. The minimum absolute atomic E-state index is 0.222. The third-order valence-electron chi connectivity index (χ3n) is 2.17. The van der Waals surface area contributed by atoms with Gasteiger partial charge in [0.1, 0.15) is 0 Å².